The standard InChI is InChI=1S/C16H17F3O3/c1-21-11-4-6-15(7-5-11)9-10-2-3-12(22-16(17,18)19)8-13(10)14(15)20/h2-3,8,11H,4-7,9H2,1H3. The number of benzene rings is 1. The smallest absolute Gasteiger partial charge is 0.406 e. The Morgan fingerprint density at radius 3 is 2.50 bits per heavy atom. The molecule has 0 aliphatic heterocycles. The molecule has 1 fully saturated rings. The van der Waals surface area contributed by atoms with Gasteiger partial charge in [0.1, 0.15) is 5.75 Å². The maximum absolute atomic E-state index is 12.7. The lowest BCUT2D eigenvalue weighted by molar-refractivity contribution is -0.274. The van der Waals surface area contributed by atoms with Crippen LogP contribution in [0.15, 0.2) is 18.2 Å². The Balaban J connectivity index is 1.82. The second kappa shape index (κ2) is 5.26. The molecule has 0 atom stereocenters. The summed E-state index contributed by atoms with van der Waals surface area (Å²) >= 11 is 0. The summed E-state index contributed by atoms with van der Waals surface area (Å²) in [7, 11) is 1.66. The van der Waals surface area contributed by atoms with Crippen molar-refractivity contribution < 1.29 is 27.4 Å². The van der Waals surface area contributed by atoms with Crippen LogP contribution in [0.4, 0.5) is 13.2 Å². The largest absolute Gasteiger partial charge is 0.573 e. The fraction of sp³-hybridized carbons (Fsp3) is 0.562. The first kappa shape index (κ1) is 15.3. The van der Waals surface area contributed by atoms with Crippen molar-refractivity contribution in [1.29, 1.82) is 0 Å². The third-order valence-electron chi connectivity index (χ3n) is 4.79. The fourth-order valence-corrected chi connectivity index (χ4v) is 3.63. The molecule has 1 saturated carbocycles. The van der Waals surface area contributed by atoms with Crippen LogP contribution in [-0.2, 0) is 11.2 Å². The quantitative estimate of drug-likeness (QED) is 0.830. The minimum Gasteiger partial charge on any atom is -0.406 e. The Morgan fingerprint density at radius 1 is 1.23 bits per heavy atom. The lowest BCUT2D eigenvalue weighted by Gasteiger charge is -2.35. The van der Waals surface area contributed by atoms with Gasteiger partial charge in [0, 0.05) is 18.1 Å². The summed E-state index contributed by atoms with van der Waals surface area (Å²) in [5.74, 6) is -0.382. The highest BCUT2D eigenvalue weighted by atomic mass is 19.4. The van der Waals surface area contributed by atoms with Gasteiger partial charge < -0.3 is 9.47 Å². The van der Waals surface area contributed by atoms with Gasteiger partial charge in [0.25, 0.3) is 0 Å². The van der Waals surface area contributed by atoms with E-state index in [0.29, 0.717) is 24.8 Å². The number of hydrogen-bond donors (Lipinski definition) is 0. The highest BCUT2D eigenvalue weighted by Gasteiger charge is 2.47. The molecule has 0 radical (unpaired) electrons. The number of hydrogen-bond acceptors (Lipinski definition) is 3. The number of carbonyl (C=O) groups excluding carboxylic acids is 1. The van der Waals surface area contributed by atoms with Crippen LogP contribution >= 0.6 is 0 Å². The molecular weight excluding hydrogens is 297 g/mol. The normalized spacial score (nSPS) is 28.0. The molecule has 2 aliphatic carbocycles. The van der Waals surface area contributed by atoms with Crippen LogP contribution in [0.1, 0.15) is 41.6 Å². The summed E-state index contributed by atoms with van der Waals surface area (Å²) < 4.78 is 46.1. The summed E-state index contributed by atoms with van der Waals surface area (Å²) in [5.41, 5.74) is 0.724. The van der Waals surface area contributed by atoms with Crippen molar-refractivity contribution in [2.24, 2.45) is 5.41 Å². The topological polar surface area (TPSA) is 35.5 Å². The van der Waals surface area contributed by atoms with E-state index in [2.05, 4.69) is 4.74 Å². The minimum absolute atomic E-state index is 0.0512. The molecule has 0 saturated heterocycles. The first-order valence-electron chi connectivity index (χ1n) is 7.29. The molecule has 3 rings (SSSR count). The lowest BCUT2D eigenvalue weighted by atomic mass is 9.70. The lowest BCUT2D eigenvalue weighted by Crippen LogP contribution is -2.35. The van der Waals surface area contributed by atoms with Gasteiger partial charge >= 0.3 is 6.36 Å². The van der Waals surface area contributed by atoms with Gasteiger partial charge in [-0.15, -0.1) is 13.2 Å². The van der Waals surface area contributed by atoms with E-state index in [9.17, 15) is 18.0 Å². The fourth-order valence-electron chi connectivity index (χ4n) is 3.63. The van der Waals surface area contributed by atoms with Gasteiger partial charge in [-0.05, 0) is 49.8 Å². The third kappa shape index (κ3) is 2.72. The van der Waals surface area contributed by atoms with Crippen LogP contribution in [0.2, 0.25) is 0 Å². The van der Waals surface area contributed by atoms with E-state index in [1.165, 1.54) is 12.1 Å². The van der Waals surface area contributed by atoms with Gasteiger partial charge in [-0.3, -0.25) is 4.79 Å². The summed E-state index contributed by atoms with van der Waals surface area (Å²) in [6.45, 7) is 0. The molecule has 22 heavy (non-hydrogen) atoms. The number of ketones is 1. The first-order valence-corrected chi connectivity index (χ1v) is 7.29. The zero-order chi connectivity index (χ0) is 16.0. The molecule has 2 aliphatic rings. The Bertz CT molecular complexity index is 587. The molecule has 1 spiro atoms. The van der Waals surface area contributed by atoms with Crippen LogP contribution in [0.3, 0.4) is 0 Å². The molecule has 1 aromatic carbocycles. The second-order valence-corrected chi connectivity index (χ2v) is 6.09. The van der Waals surface area contributed by atoms with E-state index < -0.39 is 11.8 Å². The van der Waals surface area contributed by atoms with Crippen molar-refractivity contribution in [1.82, 2.24) is 0 Å². The zero-order valence-electron chi connectivity index (χ0n) is 12.2. The number of carbonyl (C=O) groups is 1. The molecule has 3 nitrogen and oxygen atoms in total. The van der Waals surface area contributed by atoms with Gasteiger partial charge in [0.05, 0.1) is 6.10 Å². The Hall–Kier alpha value is -1.56. The van der Waals surface area contributed by atoms with Crippen LogP contribution in [0, 0.1) is 5.41 Å². The molecule has 0 bridgehead atoms. The molecular formula is C16H17F3O3. The molecule has 1 aromatic rings. The Labute approximate surface area is 126 Å². The predicted octanol–water partition coefficient (Wildman–Crippen LogP) is 3.90. The van der Waals surface area contributed by atoms with Crippen LogP contribution in [-0.4, -0.2) is 25.4 Å². The van der Waals surface area contributed by atoms with E-state index in [4.69, 9.17) is 4.74 Å². The van der Waals surface area contributed by atoms with Crippen molar-refractivity contribution in [2.45, 2.75) is 44.6 Å². The maximum Gasteiger partial charge on any atom is 0.573 e. The number of methoxy groups -OCH3 is 1. The third-order valence-corrected chi connectivity index (χ3v) is 4.79. The number of ether oxygens (including phenoxy) is 2. The minimum atomic E-state index is -4.75. The molecule has 0 heterocycles. The van der Waals surface area contributed by atoms with E-state index in [0.717, 1.165) is 18.4 Å². The highest BCUT2D eigenvalue weighted by Crippen LogP contribution is 2.48. The van der Waals surface area contributed by atoms with Crippen LogP contribution in [0.25, 0.3) is 0 Å². The van der Waals surface area contributed by atoms with Crippen molar-refractivity contribution >= 4 is 5.78 Å². The number of rotatable bonds is 2. The summed E-state index contributed by atoms with van der Waals surface area (Å²) in [4.78, 5) is 12.7. The van der Waals surface area contributed by atoms with Gasteiger partial charge in [-0.2, -0.15) is 0 Å². The number of Topliss-reactive ketones (excluding diaryl/α,β-unsaturated/α-hetero) is 1. The van der Waals surface area contributed by atoms with Crippen molar-refractivity contribution in [3.05, 3.63) is 29.3 Å². The van der Waals surface area contributed by atoms with E-state index in [1.807, 2.05) is 0 Å². The zero-order valence-corrected chi connectivity index (χ0v) is 12.2. The summed E-state index contributed by atoms with van der Waals surface area (Å²) in [6, 6.07) is 4.08. The average molecular weight is 314 g/mol. The summed E-state index contributed by atoms with van der Waals surface area (Å²) in [6.07, 6.45) is -0.924. The Morgan fingerprint density at radius 2 is 1.91 bits per heavy atom. The van der Waals surface area contributed by atoms with Crippen LogP contribution < -0.4 is 4.74 Å². The number of fused-ring (bicyclic) bond motifs is 1. The predicted molar refractivity (Wildman–Crippen MR) is 72.9 cm³/mol. The van der Waals surface area contributed by atoms with E-state index in [1.54, 1.807) is 13.2 Å². The monoisotopic (exact) mass is 314 g/mol. The highest BCUT2D eigenvalue weighted by molar-refractivity contribution is 6.05. The van der Waals surface area contributed by atoms with Gasteiger partial charge in [0.15, 0.2) is 5.78 Å². The SMILES string of the molecule is COC1CCC2(CC1)Cc1ccc(OC(F)(F)F)cc1C2=O. The molecule has 0 N–H and O–H groups in total. The molecule has 120 valence electrons. The second-order valence-electron chi connectivity index (χ2n) is 6.09. The van der Waals surface area contributed by atoms with Gasteiger partial charge in [-0.1, -0.05) is 6.07 Å². The molecule has 0 amide bonds. The van der Waals surface area contributed by atoms with Crippen molar-refractivity contribution in [2.75, 3.05) is 7.11 Å². The molecule has 0 unspecified atom stereocenters. The first-order chi connectivity index (χ1) is 10.3. The maximum atomic E-state index is 12.7. The Kier molecular flexibility index (Phi) is 3.67. The van der Waals surface area contributed by atoms with Crippen molar-refractivity contribution in [3.8, 4) is 5.75 Å². The summed E-state index contributed by atoms with van der Waals surface area (Å²) in [5, 5.41) is 0. The number of halogens is 3. The van der Waals surface area contributed by atoms with E-state index in [-0.39, 0.29) is 17.6 Å². The van der Waals surface area contributed by atoms with Gasteiger partial charge in [-0.25, -0.2) is 0 Å². The van der Waals surface area contributed by atoms with Gasteiger partial charge in [0.2, 0.25) is 0 Å². The van der Waals surface area contributed by atoms with Crippen molar-refractivity contribution in [3.63, 3.8) is 0 Å². The van der Waals surface area contributed by atoms with Crippen LogP contribution in [0.5, 0.6) is 5.75 Å². The van der Waals surface area contributed by atoms with E-state index >= 15 is 0 Å². The average Bonchev–Trinajstić information content (AvgIpc) is 2.72. The number of alkyl halides is 3. The molecule has 6 heteroatoms. The molecule has 0 aromatic heterocycles.